The van der Waals surface area contributed by atoms with Crippen LogP contribution in [0.1, 0.15) is 29.5 Å². The smallest absolute Gasteiger partial charge is 0.253 e. The molecule has 0 saturated heterocycles. The summed E-state index contributed by atoms with van der Waals surface area (Å²) in [4.78, 5) is 24.5. The first-order chi connectivity index (χ1) is 13.5. The van der Waals surface area contributed by atoms with Gasteiger partial charge in [-0.15, -0.1) is 0 Å². The Bertz CT molecular complexity index is 1100. The molecule has 0 bridgehead atoms. The third-order valence-electron chi connectivity index (χ3n) is 5.57. The highest BCUT2D eigenvalue weighted by molar-refractivity contribution is 5.93. The summed E-state index contributed by atoms with van der Waals surface area (Å²) in [7, 11) is 1.77. The first kappa shape index (κ1) is 18.4. The lowest BCUT2D eigenvalue weighted by molar-refractivity contribution is -0.116. The van der Waals surface area contributed by atoms with Gasteiger partial charge >= 0.3 is 0 Å². The van der Waals surface area contributed by atoms with Crippen LogP contribution in [0.5, 0.6) is 0 Å². The van der Waals surface area contributed by atoms with E-state index in [4.69, 9.17) is 0 Å². The topological polar surface area (TPSA) is 63.1 Å². The van der Waals surface area contributed by atoms with E-state index in [2.05, 4.69) is 34.9 Å². The van der Waals surface area contributed by atoms with E-state index in [1.807, 2.05) is 31.2 Å². The van der Waals surface area contributed by atoms with Crippen LogP contribution in [0.3, 0.4) is 0 Å². The minimum absolute atomic E-state index is 0.00541. The van der Waals surface area contributed by atoms with Crippen molar-refractivity contribution >= 4 is 22.5 Å². The number of amides is 1. The standard InChI is InChI=1S/C23H25N3O2/c1-15-11-18-13-20(7-9-21(18)26(2)23(15)28)25-22(27)10-8-19-12-16-5-3-4-6-17(16)14-24-19/h3-7,9,11,13,19,24H,8,10,12,14H2,1-2H3,(H,25,27). The minimum atomic E-state index is 0.00541. The second-order valence-electron chi connectivity index (χ2n) is 7.60. The molecule has 1 aliphatic rings. The predicted octanol–water partition coefficient (Wildman–Crippen LogP) is 3.28. The number of benzene rings is 2. The maximum atomic E-state index is 12.4. The van der Waals surface area contributed by atoms with E-state index < -0.39 is 0 Å². The van der Waals surface area contributed by atoms with Gasteiger partial charge in [-0.25, -0.2) is 0 Å². The molecule has 28 heavy (non-hydrogen) atoms. The van der Waals surface area contributed by atoms with Gasteiger partial charge in [-0.3, -0.25) is 9.59 Å². The molecule has 5 nitrogen and oxygen atoms in total. The number of carbonyl (C=O) groups is 1. The van der Waals surface area contributed by atoms with Crippen molar-refractivity contribution in [3.05, 3.63) is 75.6 Å². The summed E-state index contributed by atoms with van der Waals surface area (Å²) in [5.74, 6) is 0.0153. The zero-order valence-electron chi connectivity index (χ0n) is 16.3. The second kappa shape index (κ2) is 7.60. The number of hydrogen-bond donors (Lipinski definition) is 2. The van der Waals surface area contributed by atoms with Crippen LogP contribution in [0.15, 0.2) is 53.3 Å². The third kappa shape index (κ3) is 3.71. The molecule has 1 aromatic heterocycles. The summed E-state index contributed by atoms with van der Waals surface area (Å²) >= 11 is 0. The van der Waals surface area contributed by atoms with Crippen LogP contribution in [-0.2, 0) is 24.8 Å². The summed E-state index contributed by atoms with van der Waals surface area (Å²) in [5, 5.41) is 7.46. The van der Waals surface area contributed by atoms with Crippen molar-refractivity contribution in [1.29, 1.82) is 0 Å². The molecule has 0 spiro atoms. The Labute approximate surface area is 164 Å². The normalized spacial score (nSPS) is 16.0. The largest absolute Gasteiger partial charge is 0.326 e. The third-order valence-corrected chi connectivity index (χ3v) is 5.57. The SMILES string of the molecule is Cc1cc2cc(NC(=O)CCC3Cc4ccccc4CN3)ccc2n(C)c1=O. The molecule has 0 radical (unpaired) electrons. The van der Waals surface area contributed by atoms with Crippen molar-refractivity contribution in [3.8, 4) is 0 Å². The Morgan fingerprint density at radius 3 is 2.79 bits per heavy atom. The molecule has 2 N–H and O–H groups in total. The van der Waals surface area contributed by atoms with E-state index in [0.29, 0.717) is 18.0 Å². The lowest BCUT2D eigenvalue weighted by atomic mass is 9.93. The highest BCUT2D eigenvalue weighted by atomic mass is 16.1. The first-order valence-electron chi connectivity index (χ1n) is 9.71. The highest BCUT2D eigenvalue weighted by Gasteiger charge is 2.18. The monoisotopic (exact) mass is 375 g/mol. The Morgan fingerprint density at radius 2 is 1.96 bits per heavy atom. The van der Waals surface area contributed by atoms with Crippen molar-refractivity contribution in [2.45, 2.75) is 38.8 Å². The van der Waals surface area contributed by atoms with E-state index in [1.54, 1.807) is 11.6 Å². The van der Waals surface area contributed by atoms with Crippen molar-refractivity contribution in [2.24, 2.45) is 7.05 Å². The highest BCUT2D eigenvalue weighted by Crippen LogP contribution is 2.21. The Hall–Kier alpha value is -2.92. The molecular formula is C23H25N3O2. The van der Waals surface area contributed by atoms with Crippen LogP contribution < -0.4 is 16.2 Å². The average Bonchev–Trinajstić information content (AvgIpc) is 2.70. The predicted molar refractivity (Wildman–Crippen MR) is 113 cm³/mol. The van der Waals surface area contributed by atoms with E-state index in [1.165, 1.54) is 11.1 Å². The van der Waals surface area contributed by atoms with Crippen molar-refractivity contribution in [1.82, 2.24) is 9.88 Å². The van der Waals surface area contributed by atoms with Crippen molar-refractivity contribution in [3.63, 3.8) is 0 Å². The lowest BCUT2D eigenvalue weighted by Gasteiger charge is -2.26. The molecule has 0 fully saturated rings. The number of pyridine rings is 1. The molecular weight excluding hydrogens is 350 g/mol. The Balaban J connectivity index is 1.39. The molecule has 5 heteroatoms. The van der Waals surface area contributed by atoms with Gasteiger partial charge in [0, 0.05) is 42.7 Å². The summed E-state index contributed by atoms with van der Waals surface area (Å²) in [5.41, 5.74) is 5.05. The van der Waals surface area contributed by atoms with Crippen LogP contribution in [0.2, 0.25) is 0 Å². The molecule has 1 unspecified atom stereocenters. The molecule has 4 rings (SSSR count). The summed E-state index contributed by atoms with van der Waals surface area (Å²) < 4.78 is 1.64. The van der Waals surface area contributed by atoms with Gasteiger partial charge in [0.2, 0.25) is 5.91 Å². The number of nitrogens with one attached hydrogen (secondary N) is 2. The fraction of sp³-hybridized carbons (Fsp3) is 0.304. The molecule has 0 aliphatic carbocycles. The Kier molecular flexibility index (Phi) is 5.01. The van der Waals surface area contributed by atoms with Gasteiger partial charge in [-0.05, 0) is 55.2 Å². The van der Waals surface area contributed by atoms with E-state index >= 15 is 0 Å². The van der Waals surface area contributed by atoms with Gasteiger partial charge in [0.1, 0.15) is 0 Å². The summed E-state index contributed by atoms with van der Waals surface area (Å²) in [6, 6.07) is 16.3. The number of rotatable bonds is 4. The fourth-order valence-electron chi connectivity index (χ4n) is 3.98. The summed E-state index contributed by atoms with van der Waals surface area (Å²) in [6.45, 7) is 2.67. The molecule has 2 aromatic carbocycles. The van der Waals surface area contributed by atoms with E-state index in [0.717, 1.165) is 36.0 Å². The zero-order valence-corrected chi connectivity index (χ0v) is 16.3. The number of aryl methyl sites for hydroxylation is 2. The second-order valence-corrected chi connectivity index (χ2v) is 7.60. The molecule has 1 aliphatic heterocycles. The molecule has 1 amide bonds. The number of nitrogens with zero attached hydrogens (tertiary/aromatic N) is 1. The number of carbonyl (C=O) groups excluding carboxylic acids is 1. The van der Waals surface area contributed by atoms with Gasteiger partial charge in [-0.2, -0.15) is 0 Å². The van der Waals surface area contributed by atoms with Crippen LogP contribution in [0, 0.1) is 6.92 Å². The van der Waals surface area contributed by atoms with Crippen LogP contribution in [-0.4, -0.2) is 16.5 Å². The molecule has 0 saturated carbocycles. The number of hydrogen-bond acceptors (Lipinski definition) is 3. The number of fused-ring (bicyclic) bond motifs is 2. The zero-order chi connectivity index (χ0) is 19.7. The Morgan fingerprint density at radius 1 is 1.18 bits per heavy atom. The first-order valence-corrected chi connectivity index (χ1v) is 9.71. The van der Waals surface area contributed by atoms with Gasteiger partial charge in [0.05, 0.1) is 5.52 Å². The van der Waals surface area contributed by atoms with Crippen molar-refractivity contribution in [2.75, 3.05) is 5.32 Å². The maximum Gasteiger partial charge on any atom is 0.253 e. The average molecular weight is 375 g/mol. The van der Waals surface area contributed by atoms with Gasteiger partial charge in [-0.1, -0.05) is 24.3 Å². The van der Waals surface area contributed by atoms with Crippen LogP contribution >= 0.6 is 0 Å². The quantitative estimate of drug-likeness (QED) is 0.736. The minimum Gasteiger partial charge on any atom is -0.326 e. The van der Waals surface area contributed by atoms with E-state index in [-0.39, 0.29) is 11.5 Å². The molecule has 144 valence electrons. The number of aromatic nitrogens is 1. The fourth-order valence-corrected chi connectivity index (χ4v) is 3.98. The van der Waals surface area contributed by atoms with Crippen LogP contribution in [0.25, 0.3) is 10.9 Å². The van der Waals surface area contributed by atoms with Crippen LogP contribution in [0.4, 0.5) is 5.69 Å². The van der Waals surface area contributed by atoms with Crippen molar-refractivity contribution < 1.29 is 4.79 Å². The van der Waals surface area contributed by atoms with Gasteiger partial charge < -0.3 is 15.2 Å². The number of anilines is 1. The maximum absolute atomic E-state index is 12.4. The molecule has 2 heterocycles. The van der Waals surface area contributed by atoms with E-state index in [9.17, 15) is 9.59 Å². The van der Waals surface area contributed by atoms with Gasteiger partial charge in [0.25, 0.3) is 5.56 Å². The van der Waals surface area contributed by atoms with Gasteiger partial charge in [0.15, 0.2) is 0 Å². The molecule has 1 atom stereocenters. The summed E-state index contributed by atoms with van der Waals surface area (Å²) in [6.07, 6.45) is 2.25. The lowest BCUT2D eigenvalue weighted by Crippen LogP contribution is -2.36. The molecule has 3 aromatic rings.